The van der Waals surface area contributed by atoms with E-state index < -0.39 is 0 Å². The Morgan fingerprint density at radius 2 is 1.88 bits per heavy atom. The van der Waals surface area contributed by atoms with Gasteiger partial charge in [0.25, 0.3) is 0 Å². The topological polar surface area (TPSA) is 45.3 Å². The Morgan fingerprint density at radius 3 is 2.62 bits per heavy atom. The lowest BCUT2D eigenvalue weighted by atomic mass is 9.91. The van der Waals surface area contributed by atoms with Gasteiger partial charge < -0.3 is 4.40 Å². The van der Waals surface area contributed by atoms with Gasteiger partial charge in [-0.3, -0.25) is 4.79 Å². The molecule has 118 valence electrons. The number of fused-ring (bicyclic) bond motifs is 3. The van der Waals surface area contributed by atoms with Crippen molar-refractivity contribution in [1.82, 2.24) is 4.40 Å². The molecule has 2 heterocycles. The lowest BCUT2D eigenvalue weighted by Crippen LogP contribution is -2.09. The van der Waals surface area contributed by atoms with Crippen LogP contribution in [-0.2, 0) is 12.8 Å². The second-order valence-electron chi connectivity index (χ2n) is 6.14. The molecule has 0 radical (unpaired) electrons. The van der Waals surface area contributed by atoms with Gasteiger partial charge in [0.1, 0.15) is 6.07 Å². The molecule has 4 rings (SSSR count). The molecule has 0 unspecified atom stereocenters. The van der Waals surface area contributed by atoms with Crippen LogP contribution in [0.5, 0.6) is 0 Å². The van der Waals surface area contributed by atoms with Gasteiger partial charge in [0, 0.05) is 16.2 Å². The zero-order chi connectivity index (χ0) is 16.7. The number of aromatic nitrogens is 1. The molecule has 1 aliphatic rings. The maximum Gasteiger partial charge on any atom is 0.209 e. The van der Waals surface area contributed by atoms with Gasteiger partial charge in [-0.15, -0.1) is 0 Å². The summed E-state index contributed by atoms with van der Waals surface area (Å²) in [5.41, 5.74) is 5.22. The smallest absolute Gasteiger partial charge is 0.209 e. The number of benzene rings is 1. The van der Waals surface area contributed by atoms with Crippen LogP contribution in [0.1, 0.15) is 45.6 Å². The summed E-state index contributed by atoms with van der Waals surface area (Å²) < 4.78 is 2.83. The SMILES string of the molecule is N#Cc1cc(C(=O)c2ccc(Br)cc2)n2ccc3c(c12)CCCC3. The predicted octanol–water partition coefficient (Wildman–Crippen LogP) is 4.68. The minimum Gasteiger partial charge on any atom is -0.312 e. The molecule has 3 nitrogen and oxygen atoms in total. The summed E-state index contributed by atoms with van der Waals surface area (Å²) in [5, 5.41) is 9.56. The number of hydrogen-bond acceptors (Lipinski definition) is 2. The number of pyridine rings is 1. The molecule has 3 aromatic rings. The van der Waals surface area contributed by atoms with Crippen LogP contribution in [0.15, 0.2) is 47.1 Å². The maximum atomic E-state index is 12.9. The zero-order valence-corrected chi connectivity index (χ0v) is 14.6. The number of nitriles is 1. The summed E-state index contributed by atoms with van der Waals surface area (Å²) >= 11 is 3.39. The van der Waals surface area contributed by atoms with Gasteiger partial charge in [-0.1, -0.05) is 15.9 Å². The summed E-state index contributed by atoms with van der Waals surface area (Å²) in [6.45, 7) is 0. The van der Waals surface area contributed by atoms with Crippen molar-refractivity contribution in [3.05, 3.63) is 75.0 Å². The molecule has 0 atom stereocenters. The highest BCUT2D eigenvalue weighted by Gasteiger charge is 2.21. The van der Waals surface area contributed by atoms with E-state index in [1.807, 2.05) is 22.7 Å². The van der Waals surface area contributed by atoms with Gasteiger partial charge in [0.2, 0.25) is 5.78 Å². The third kappa shape index (κ3) is 2.37. The van der Waals surface area contributed by atoms with E-state index in [-0.39, 0.29) is 5.78 Å². The molecule has 0 N–H and O–H groups in total. The first-order valence-corrected chi connectivity index (χ1v) is 8.84. The van der Waals surface area contributed by atoms with E-state index in [2.05, 4.69) is 28.1 Å². The first kappa shape index (κ1) is 15.2. The van der Waals surface area contributed by atoms with Gasteiger partial charge >= 0.3 is 0 Å². The lowest BCUT2D eigenvalue weighted by molar-refractivity contribution is 0.103. The highest BCUT2D eigenvalue weighted by atomic mass is 79.9. The highest BCUT2D eigenvalue weighted by Crippen LogP contribution is 2.30. The molecule has 2 aromatic heterocycles. The van der Waals surface area contributed by atoms with Crippen molar-refractivity contribution in [3.63, 3.8) is 0 Å². The van der Waals surface area contributed by atoms with Crippen molar-refractivity contribution in [2.75, 3.05) is 0 Å². The molecule has 24 heavy (non-hydrogen) atoms. The Labute approximate surface area is 148 Å². The second kappa shape index (κ2) is 5.92. The van der Waals surface area contributed by atoms with E-state index in [0.29, 0.717) is 16.8 Å². The number of carbonyl (C=O) groups is 1. The Morgan fingerprint density at radius 1 is 1.12 bits per heavy atom. The van der Waals surface area contributed by atoms with Gasteiger partial charge in [0.05, 0.1) is 16.8 Å². The van der Waals surface area contributed by atoms with Crippen LogP contribution in [0.25, 0.3) is 5.52 Å². The van der Waals surface area contributed by atoms with Crippen molar-refractivity contribution in [2.24, 2.45) is 0 Å². The third-order valence-electron chi connectivity index (χ3n) is 4.72. The summed E-state index contributed by atoms with van der Waals surface area (Å²) in [7, 11) is 0. The zero-order valence-electron chi connectivity index (χ0n) is 13.1. The molecule has 4 heteroatoms. The molecule has 0 amide bonds. The Hall–Kier alpha value is -2.38. The number of carbonyl (C=O) groups excluding carboxylic acids is 1. The van der Waals surface area contributed by atoms with Crippen molar-refractivity contribution in [3.8, 4) is 6.07 Å². The molecule has 0 fully saturated rings. The molecule has 1 aliphatic carbocycles. The van der Waals surface area contributed by atoms with Crippen molar-refractivity contribution in [1.29, 1.82) is 5.26 Å². The molecule has 1 aromatic carbocycles. The van der Waals surface area contributed by atoms with E-state index in [0.717, 1.165) is 29.3 Å². The third-order valence-corrected chi connectivity index (χ3v) is 5.25. The quantitative estimate of drug-likeness (QED) is 0.607. The van der Waals surface area contributed by atoms with Crippen LogP contribution in [-0.4, -0.2) is 10.2 Å². The fraction of sp³-hybridized carbons (Fsp3) is 0.200. The molecule has 0 saturated heterocycles. The van der Waals surface area contributed by atoms with Crippen molar-refractivity contribution >= 4 is 27.2 Å². The fourth-order valence-corrected chi connectivity index (χ4v) is 3.81. The van der Waals surface area contributed by atoms with E-state index in [1.165, 1.54) is 17.5 Å². The molecule has 0 bridgehead atoms. The summed E-state index contributed by atoms with van der Waals surface area (Å²) in [6.07, 6.45) is 6.30. The van der Waals surface area contributed by atoms with Crippen LogP contribution < -0.4 is 0 Å². The van der Waals surface area contributed by atoms with Gasteiger partial charge in [-0.25, -0.2) is 0 Å². The number of aryl methyl sites for hydroxylation is 2. The van der Waals surface area contributed by atoms with E-state index in [9.17, 15) is 10.1 Å². The second-order valence-corrected chi connectivity index (χ2v) is 7.05. The molecule has 0 saturated carbocycles. The van der Waals surface area contributed by atoms with Gasteiger partial charge in [-0.2, -0.15) is 5.26 Å². The predicted molar refractivity (Wildman–Crippen MR) is 96.3 cm³/mol. The van der Waals surface area contributed by atoms with Gasteiger partial charge in [-0.05, 0) is 73.2 Å². The average molecular weight is 379 g/mol. The fourth-order valence-electron chi connectivity index (χ4n) is 3.54. The normalized spacial score (nSPS) is 13.5. The molecule has 0 spiro atoms. The Bertz CT molecular complexity index is 993. The van der Waals surface area contributed by atoms with Crippen LogP contribution in [0.2, 0.25) is 0 Å². The first-order chi connectivity index (χ1) is 11.7. The summed E-state index contributed by atoms with van der Waals surface area (Å²) in [6, 6.07) is 13.4. The van der Waals surface area contributed by atoms with Crippen LogP contribution in [0.4, 0.5) is 0 Å². The summed E-state index contributed by atoms with van der Waals surface area (Å²) in [5.74, 6) is -0.0604. The monoisotopic (exact) mass is 378 g/mol. The molecular formula is C20H15BrN2O. The molecular weight excluding hydrogens is 364 g/mol. The standard InChI is InChI=1S/C20H15BrN2O/c21-16-7-5-14(6-8-16)20(24)18-11-15(12-22)19-17-4-2-1-3-13(17)9-10-23(18)19/h5-11H,1-4H2. The first-order valence-electron chi connectivity index (χ1n) is 8.05. The number of halogens is 1. The van der Waals surface area contributed by atoms with Crippen LogP contribution >= 0.6 is 15.9 Å². The van der Waals surface area contributed by atoms with Crippen molar-refractivity contribution < 1.29 is 4.79 Å². The molecule has 0 aliphatic heterocycles. The highest BCUT2D eigenvalue weighted by molar-refractivity contribution is 9.10. The largest absolute Gasteiger partial charge is 0.312 e. The number of hydrogen-bond donors (Lipinski definition) is 0. The number of ketones is 1. The van der Waals surface area contributed by atoms with E-state index in [4.69, 9.17) is 0 Å². The van der Waals surface area contributed by atoms with E-state index >= 15 is 0 Å². The number of nitrogens with zero attached hydrogens (tertiary/aromatic N) is 2. The summed E-state index contributed by atoms with van der Waals surface area (Å²) in [4.78, 5) is 12.9. The van der Waals surface area contributed by atoms with Gasteiger partial charge in [0.15, 0.2) is 0 Å². The van der Waals surface area contributed by atoms with Crippen molar-refractivity contribution in [2.45, 2.75) is 25.7 Å². The number of rotatable bonds is 2. The minimum absolute atomic E-state index is 0.0604. The average Bonchev–Trinajstić information content (AvgIpc) is 3.01. The van der Waals surface area contributed by atoms with Crippen LogP contribution in [0, 0.1) is 11.3 Å². The van der Waals surface area contributed by atoms with Crippen LogP contribution in [0.3, 0.4) is 0 Å². The minimum atomic E-state index is -0.0604. The Balaban J connectivity index is 1.92. The lowest BCUT2D eigenvalue weighted by Gasteiger charge is -2.17. The van der Waals surface area contributed by atoms with E-state index in [1.54, 1.807) is 18.2 Å². The maximum absolute atomic E-state index is 12.9. The Kier molecular flexibility index (Phi) is 3.74.